The van der Waals surface area contributed by atoms with Gasteiger partial charge in [-0.25, -0.2) is 4.68 Å². The van der Waals surface area contributed by atoms with Gasteiger partial charge in [-0.05, 0) is 19.4 Å². The van der Waals surface area contributed by atoms with Crippen LogP contribution in [0.1, 0.15) is 19.5 Å². The van der Waals surface area contributed by atoms with Crippen LogP contribution in [0.2, 0.25) is 5.02 Å². The smallest absolute Gasteiger partial charge is 0.182 e. The van der Waals surface area contributed by atoms with Crippen molar-refractivity contribution in [2.45, 2.75) is 17.8 Å². The maximum atomic E-state index is 6.75. The first kappa shape index (κ1) is 18.1. The lowest BCUT2D eigenvalue weighted by molar-refractivity contribution is 0.774. The Bertz CT molecular complexity index is 958. The van der Waals surface area contributed by atoms with Crippen molar-refractivity contribution in [2.24, 2.45) is 7.05 Å². The molecular formula is C19H18ClIN4. The average molecular weight is 465 g/mol. The molecule has 2 heterocycles. The van der Waals surface area contributed by atoms with Gasteiger partial charge in [0, 0.05) is 16.5 Å². The van der Waals surface area contributed by atoms with E-state index in [-0.39, 0.29) is 0 Å². The SMILES string of the molecule is C/C=C(\C=C/C(C)I)c1nn(C)c2nnc(-c3ccccc3)c(Cl)c12. The number of nitrogens with zero attached hydrogens (tertiary/aromatic N) is 4. The highest BCUT2D eigenvalue weighted by molar-refractivity contribution is 14.1. The molecule has 0 amide bonds. The highest BCUT2D eigenvalue weighted by atomic mass is 127. The van der Waals surface area contributed by atoms with Crippen LogP contribution in [0.25, 0.3) is 27.9 Å². The lowest BCUT2D eigenvalue weighted by Crippen LogP contribution is -1.95. The summed E-state index contributed by atoms with van der Waals surface area (Å²) in [5.74, 6) is 0. The molecule has 0 saturated heterocycles. The Hall–Kier alpha value is -1.73. The minimum Gasteiger partial charge on any atom is -0.248 e. The molecule has 0 aliphatic heterocycles. The molecular weight excluding hydrogens is 447 g/mol. The Morgan fingerprint density at radius 3 is 2.60 bits per heavy atom. The number of benzene rings is 1. The van der Waals surface area contributed by atoms with Crippen LogP contribution in [-0.4, -0.2) is 23.9 Å². The predicted octanol–water partition coefficient (Wildman–Crippen LogP) is 5.47. The van der Waals surface area contributed by atoms with Crippen LogP contribution in [0.4, 0.5) is 0 Å². The summed E-state index contributed by atoms with van der Waals surface area (Å²) in [5.41, 5.74) is 4.13. The molecule has 2 aromatic heterocycles. The molecule has 0 spiro atoms. The van der Waals surface area contributed by atoms with Gasteiger partial charge in [0.2, 0.25) is 0 Å². The third kappa shape index (κ3) is 3.62. The minimum absolute atomic E-state index is 0.428. The van der Waals surface area contributed by atoms with E-state index in [2.05, 4.69) is 57.0 Å². The van der Waals surface area contributed by atoms with Crippen LogP contribution < -0.4 is 0 Å². The lowest BCUT2D eigenvalue weighted by atomic mass is 10.1. The molecule has 128 valence electrons. The molecule has 0 aliphatic carbocycles. The van der Waals surface area contributed by atoms with Crippen molar-refractivity contribution >= 4 is 50.8 Å². The maximum absolute atomic E-state index is 6.75. The van der Waals surface area contributed by atoms with Crippen molar-refractivity contribution in [1.82, 2.24) is 20.0 Å². The molecule has 1 unspecified atom stereocenters. The molecule has 0 aliphatic rings. The van der Waals surface area contributed by atoms with E-state index in [1.807, 2.05) is 50.4 Å². The number of halogens is 2. The van der Waals surface area contributed by atoms with Gasteiger partial charge in [0.05, 0.1) is 10.4 Å². The van der Waals surface area contributed by atoms with Gasteiger partial charge in [0.15, 0.2) is 5.65 Å². The summed E-state index contributed by atoms with van der Waals surface area (Å²) < 4.78 is 2.15. The first-order valence-electron chi connectivity index (χ1n) is 7.96. The minimum atomic E-state index is 0.428. The summed E-state index contributed by atoms with van der Waals surface area (Å²) >= 11 is 9.12. The van der Waals surface area contributed by atoms with E-state index in [9.17, 15) is 0 Å². The summed E-state index contributed by atoms with van der Waals surface area (Å²) in [4.78, 5) is 0. The highest BCUT2D eigenvalue weighted by Gasteiger charge is 2.19. The van der Waals surface area contributed by atoms with Crippen LogP contribution in [0.5, 0.6) is 0 Å². The average Bonchev–Trinajstić information content (AvgIpc) is 2.94. The molecule has 0 radical (unpaired) electrons. The fraction of sp³-hybridized carbons (Fsp3) is 0.211. The number of fused-ring (bicyclic) bond motifs is 1. The van der Waals surface area contributed by atoms with Gasteiger partial charge >= 0.3 is 0 Å². The zero-order chi connectivity index (χ0) is 18.0. The van der Waals surface area contributed by atoms with Gasteiger partial charge in [0.25, 0.3) is 0 Å². The van der Waals surface area contributed by atoms with Gasteiger partial charge in [-0.3, -0.25) is 0 Å². The van der Waals surface area contributed by atoms with Crippen LogP contribution in [-0.2, 0) is 7.05 Å². The topological polar surface area (TPSA) is 43.6 Å². The first-order chi connectivity index (χ1) is 12.0. The summed E-state index contributed by atoms with van der Waals surface area (Å²) in [6.45, 7) is 4.13. The van der Waals surface area contributed by atoms with E-state index in [4.69, 9.17) is 11.6 Å². The number of allylic oxidation sites excluding steroid dienone is 4. The van der Waals surface area contributed by atoms with E-state index in [0.717, 1.165) is 22.2 Å². The van der Waals surface area contributed by atoms with Gasteiger partial charge in [-0.1, -0.05) is 82.8 Å². The fourth-order valence-electron chi connectivity index (χ4n) is 2.62. The van der Waals surface area contributed by atoms with Crippen molar-refractivity contribution in [2.75, 3.05) is 0 Å². The molecule has 6 heteroatoms. The number of rotatable bonds is 4. The van der Waals surface area contributed by atoms with Crippen LogP contribution >= 0.6 is 34.2 Å². The summed E-state index contributed by atoms with van der Waals surface area (Å²) in [6, 6.07) is 9.85. The van der Waals surface area contributed by atoms with Gasteiger partial charge in [-0.2, -0.15) is 5.10 Å². The Balaban J connectivity index is 2.24. The number of hydrogen-bond acceptors (Lipinski definition) is 3. The van der Waals surface area contributed by atoms with E-state index in [1.54, 1.807) is 4.68 Å². The van der Waals surface area contributed by atoms with Crippen molar-refractivity contribution in [3.63, 3.8) is 0 Å². The summed E-state index contributed by atoms with van der Waals surface area (Å²) in [5, 5.41) is 14.7. The lowest BCUT2D eigenvalue weighted by Gasteiger charge is -2.05. The largest absolute Gasteiger partial charge is 0.248 e. The monoisotopic (exact) mass is 464 g/mol. The third-order valence-electron chi connectivity index (χ3n) is 3.86. The molecule has 0 fully saturated rings. The molecule has 0 saturated carbocycles. The number of hydrogen-bond donors (Lipinski definition) is 0. The summed E-state index contributed by atoms with van der Waals surface area (Å²) in [6.07, 6.45) is 6.26. The van der Waals surface area contributed by atoms with E-state index in [1.165, 1.54) is 0 Å². The zero-order valence-corrected chi connectivity index (χ0v) is 17.2. The zero-order valence-electron chi connectivity index (χ0n) is 14.2. The van der Waals surface area contributed by atoms with Crippen molar-refractivity contribution in [1.29, 1.82) is 0 Å². The molecule has 4 nitrogen and oxygen atoms in total. The highest BCUT2D eigenvalue weighted by Crippen LogP contribution is 2.35. The Labute approximate surface area is 165 Å². The van der Waals surface area contributed by atoms with Crippen LogP contribution in [0, 0.1) is 0 Å². The number of aromatic nitrogens is 4. The maximum Gasteiger partial charge on any atom is 0.182 e. The van der Waals surface area contributed by atoms with Gasteiger partial charge in [-0.15, -0.1) is 10.2 Å². The van der Waals surface area contributed by atoms with Crippen LogP contribution in [0.15, 0.2) is 48.6 Å². The van der Waals surface area contributed by atoms with Crippen molar-refractivity contribution in [3.05, 3.63) is 59.3 Å². The number of aryl methyl sites for hydroxylation is 1. The Morgan fingerprint density at radius 2 is 1.96 bits per heavy atom. The quantitative estimate of drug-likeness (QED) is 0.292. The molecule has 0 bridgehead atoms. The molecule has 25 heavy (non-hydrogen) atoms. The second-order valence-corrected chi connectivity index (χ2v) is 8.02. The fourth-order valence-corrected chi connectivity index (χ4v) is 3.15. The van der Waals surface area contributed by atoms with E-state index in [0.29, 0.717) is 20.3 Å². The standard InChI is InChI=1S/C19H18ClIN4/c1-4-13(11-10-12(2)21)17-15-16(20)18(14-8-6-5-7-9-14)22-23-19(15)25(3)24-17/h4-12H,1-3H3/b11-10-,13-4+. The van der Waals surface area contributed by atoms with E-state index >= 15 is 0 Å². The number of alkyl halides is 1. The summed E-state index contributed by atoms with van der Waals surface area (Å²) in [7, 11) is 1.86. The van der Waals surface area contributed by atoms with Crippen molar-refractivity contribution in [3.8, 4) is 11.3 Å². The van der Waals surface area contributed by atoms with Crippen LogP contribution in [0.3, 0.4) is 0 Å². The van der Waals surface area contributed by atoms with E-state index < -0.39 is 0 Å². The first-order valence-corrected chi connectivity index (χ1v) is 9.58. The molecule has 3 rings (SSSR count). The Morgan fingerprint density at radius 1 is 1.24 bits per heavy atom. The molecule has 3 aromatic rings. The molecule has 1 aromatic carbocycles. The predicted molar refractivity (Wildman–Crippen MR) is 113 cm³/mol. The second-order valence-electron chi connectivity index (χ2n) is 5.68. The van der Waals surface area contributed by atoms with Crippen molar-refractivity contribution < 1.29 is 0 Å². The Kier molecular flexibility index (Phi) is 5.54. The van der Waals surface area contributed by atoms with Gasteiger partial charge in [0.1, 0.15) is 11.4 Å². The normalized spacial score (nSPS) is 13.7. The third-order valence-corrected chi connectivity index (χ3v) is 4.64. The molecule has 0 N–H and O–H groups in total. The van der Waals surface area contributed by atoms with Gasteiger partial charge < -0.3 is 0 Å². The second kappa shape index (κ2) is 7.66. The molecule has 1 atom stereocenters.